The first kappa shape index (κ1) is 77.6. The second kappa shape index (κ2) is 29.3. The summed E-state index contributed by atoms with van der Waals surface area (Å²) in [5.41, 5.74) is -1.97. The zero-order valence-electron chi connectivity index (χ0n) is 56.8. The molecule has 568 valence electrons. The molecule has 11 aliphatic rings. The molecule has 19 N–H and O–H groups in total. The van der Waals surface area contributed by atoms with Crippen molar-refractivity contribution in [3.8, 4) is 0 Å². The summed E-state index contributed by atoms with van der Waals surface area (Å²) in [4.78, 5) is 28.1. The van der Waals surface area contributed by atoms with Crippen LogP contribution in [-0.2, 0) is 66.4 Å². The van der Waals surface area contributed by atoms with Crippen LogP contribution in [0.2, 0.25) is 0 Å². The standard InChI is InChI=1S/C66H106O33/c1-23-11-16-66(61(87)99-58-48(83)41(76)38(73)30(93-58)22-88-55-49(84)45(80)50(29(21-69)92-55)95-56-46(81)39(74)35(70)25(3)89-56)18-17-64(7)26(34(66)24(23)2)9-10-32-63(6)14-13-33(62(4,5)31(63)12-15-65(32,64)8)94-60-53(44(79)43(78)51(96-60)54(85)86)98-59-52(42(77)37(72)28(20-68)91-59)97-57-47(82)40(75)36(71)27(19-67)90-57/h9,23-25,27-53,55-60,67-84H,10-22H2,1-8H3,(H,85,86)/t23-,24+,25+,27-,28-,29-,30-,31+,32-,33+,34+,35+,36-,37+,38-,39-,40+,41+,42+,43+,44+,45-,46-,47-,48-,49-,50-,51+,52-,53-,55-,56+,57+,58+,59+,60-,63+,64-,65-,66+/m1/s1. The number of allylic oxidation sites excluding steroid dienone is 2. The number of carbonyl (C=O) groups excluding carboxylic acids is 1. The molecule has 33 nitrogen and oxygen atoms in total. The summed E-state index contributed by atoms with van der Waals surface area (Å²) in [6.45, 7) is 13.4. The van der Waals surface area contributed by atoms with E-state index >= 15 is 4.79 Å². The number of aliphatic carboxylic acids is 1. The van der Waals surface area contributed by atoms with Gasteiger partial charge in [0.25, 0.3) is 0 Å². The highest BCUT2D eigenvalue weighted by atomic mass is 16.8. The highest BCUT2D eigenvalue weighted by molar-refractivity contribution is 5.79. The molecule has 33 heteroatoms. The summed E-state index contributed by atoms with van der Waals surface area (Å²) < 4.78 is 71.4. The van der Waals surface area contributed by atoms with Gasteiger partial charge in [-0.1, -0.05) is 60.1 Å². The SMILES string of the molecule is C[C@H]1[C@H](C)CC[C@]2(C(=O)O[C@@H]3O[C@H](CO[C@@H]4O[C@H](CO)[C@@H](O[C@@H]5O[C@@H](C)[C@H](O)[C@@H](O)[C@H]5O)[C@H](O)[C@H]4O)[C@@H](O)[C@H](O)[C@H]3O)CC[C@]3(C)C(=CC[C@@H]4[C@@]5(C)CC[C@H](O[C@@H]6O[C@H](C(=O)O)[C@@H](O)[C@H](O)[C@H]6O[C@@H]6O[C@H](CO)[C@H](O)[C@H](O)[C@H]6O[C@@H]6O[C@H](CO)[C@@H](O)[C@H](O)[C@H]6O)C(C)(C)[C@@H]5CC[C@]43C)[C@H]12. The maximum atomic E-state index is 15.4. The van der Waals surface area contributed by atoms with Gasteiger partial charge in [-0.25, -0.2) is 4.79 Å². The molecule has 0 aromatic heterocycles. The lowest BCUT2D eigenvalue weighted by Gasteiger charge is -2.71. The Labute approximate surface area is 571 Å². The highest BCUT2D eigenvalue weighted by Gasteiger charge is 2.71. The zero-order valence-corrected chi connectivity index (χ0v) is 56.8. The molecule has 0 aromatic carbocycles. The van der Waals surface area contributed by atoms with Crippen molar-refractivity contribution in [3.63, 3.8) is 0 Å². The predicted octanol–water partition coefficient (Wildman–Crippen LogP) is -5.41. The molecule has 40 atom stereocenters. The fraction of sp³-hybridized carbons (Fsp3) is 0.939. The number of hydrogen-bond donors (Lipinski definition) is 19. The quantitative estimate of drug-likeness (QED) is 0.0367. The maximum absolute atomic E-state index is 15.4. The molecular weight excluding hydrogens is 1320 g/mol. The largest absolute Gasteiger partial charge is 0.479 e. The number of carboxylic acid groups (broad SMARTS) is 1. The van der Waals surface area contributed by atoms with E-state index in [1.807, 2.05) is 13.8 Å². The highest BCUT2D eigenvalue weighted by Crippen LogP contribution is 2.76. The van der Waals surface area contributed by atoms with Crippen molar-refractivity contribution in [2.24, 2.45) is 56.7 Å². The van der Waals surface area contributed by atoms with E-state index in [0.717, 1.165) is 12.0 Å². The van der Waals surface area contributed by atoms with Crippen molar-refractivity contribution in [2.45, 2.75) is 304 Å². The number of rotatable bonds is 17. The van der Waals surface area contributed by atoms with Crippen LogP contribution in [0.5, 0.6) is 0 Å². The van der Waals surface area contributed by atoms with E-state index in [9.17, 15) is 102 Å². The van der Waals surface area contributed by atoms with Crippen LogP contribution < -0.4 is 0 Å². The van der Waals surface area contributed by atoms with Gasteiger partial charge in [-0.3, -0.25) is 4.79 Å². The summed E-state index contributed by atoms with van der Waals surface area (Å²) in [5, 5.41) is 206. The fourth-order valence-electron chi connectivity index (χ4n) is 19.5. The molecule has 0 amide bonds. The lowest BCUT2D eigenvalue weighted by molar-refractivity contribution is -0.396. The molecule has 5 aliphatic carbocycles. The number of carboxylic acids is 1. The second-order valence-electron chi connectivity index (χ2n) is 31.4. The third kappa shape index (κ3) is 13.2. The van der Waals surface area contributed by atoms with Crippen molar-refractivity contribution in [2.75, 3.05) is 26.4 Å². The van der Waals surface area contributed by atoms with Crippen LogP contribution in [-0.4, -0.2) is 326 Å². The van der Waals surface area contributed by atoms with Gasteiger partial charge in [0.05, 0.1) is 44.1 Å². The molecule has 0 unspecified atom stereocenters. The van der Waals surface area contributed by atoms with Crippen LogP contribution in [0.3, 0.4) is 0 Å². The van der Waals surface area contributed by atoms with Crippen LogP contribution in [0.4, 0.5) is 0 Å². The number of aliphatic hydroxyl groups excluding tert-OH is 18. The molecule has 6 heterocycles. The summed E-state index contributed by atoms with van der Waals surface area (Å²) in [6.07, 6.45) is -47.2. The Morgan fingerprint density at radius 2 is 0.980 bits per heavy atom. The number of carbonyl (C=O) groups is 2. The predicted molar refractivity (Wildman–Crippen MR) is 327 cm³/mol. The van der Waals surface area contributed by atoms with Crippen molar-refractivity contribution in [3.05, 3.63) is 11.6 Å². The van der Waals surface area contributed by atoms with Crippen molar-refractivity contribution in [1.29, 1.82) is 0 Å². The normalized spacial score (nSPS) is 54.5. The number of hydrogen-bond acceptors (Lipinski definition) is 32. The Bertz CT molecular complexity index is 2820. The number of aliphatic hydroxyl groups is 18. The molecule has 10 fully saturated rings. The van der Waals surface area contributed by atoms with Crippen molar-refractivity contribution < 1.29 is 163 Å². The van der Waals surface area contributed by atoms with Crippen molar-refractivity contribution >= 4 is 11.9 Å². The zero-order chi connectivity index (χ0) is 72.4. The molecule has 0 spiro atoms. The number of ether oxygens (including phenoxy) is 12. The third-order valence-electron chi connectivity index (χ3n) is 25.9. The smallest absolute Gasteiger partial charge is 0.335 e. The Balaban J connectivity index is 0.792. The lowest BCUT2D eigenvalue weighted by Crippen LogP contribution is -2.68. The Morgan fingerprint density at radius 1 is 0.475 bits per heavy atom. The average Bonchev–Trinajstić information content (AvgIpc) is 0.674. The van der Waals surface area contributed by atoms with E-state index in [0.29, 0.717) is 51.4 Å². The number of esters is 1. The Kier molecular flexibility index (Phi) is 23.0. The third-order valence-corrected chi connectivity index (χ3v) is 25.9. The lowest BCUT2D eigenvalue weighted by atomic mass is 9.33. The van der Waals surface area contributed by atoms with Gasteiger partial charge < -0.3 is 154 Å². The van der Waals surface area contributed by atoms with Gasteiger partial charge in [0, 0.05) is 0 Å². The van der Waals surface area contributed by atoms with E-state index in [2.05, 4.69) is 40.7 Å². The minimum absolute atomic E-state index is 0.0525. The van der Waals surface area contributed by atoms with Crippen LogP contribution in [0.15, 0.2) is 11.6 Å². The topological polar surface area (TPSA) is 529 Å². The number of fused-ring (bicyclic) bond motifs is 7. The summed E-state index contributed by atoms with van der Waals surface area (Å²) in [7, 11) is 0. The fourth-order valence-corrected chi connectivity index (χ4v) is 19.5. The molecule has 11 rings (SSSR count). The molecular formula is C66H106O33. The van der Waals surface area contributed by atoms with Crippen molar-refractivity contribution in [1.82, 2.24) is 0 Å². The molecule has 4 saturated carbocycles. The maximum Gasteiger partial charge on any atom is 0.335 e. The molecule has 0 aromatic rings. The Hall–Kier alpha value is -2.48. The summed E-state index contributed by atoms with van der Waals surface area (Å²) >= 11 is 0. The van der Waals surface area contributed by atoms with E-state index in [4.69, 9.17) is 56.8 Å². The van der Waals surface area contributed by atoms with Gasteiger partial charge in [0.1, 0.15) is 134 Å². The first-order valence-corrected chi connectivity index (χ1v) is 34.8. The van der Waals surface area contributed by atoms with E-state index in [1.165, 1.54) is 6.92 Å². The molecule has 6 saturated heterocycles. The first-order valence-electron chi connectivity index (χ1n) is 34.8. The minimum Gasteiger partial charge on any atom is -0.479 e. The first-order chi connectivity index (χ1) is 46.5. The van der Waals surface area contributed by atoms with Gasteiger partial charge in [0.2, 0.25) is 6.29 Å². The molecule has 0 radical (unpaired) electrons. The molecule has 99 heavy (non-hydrogen) atoms. The minimum atomic E-state index is -2.15. The van der Waals surface area contributed by atoms with Gasteiger partial charge in [0.15, 0.2) is 37.6 Å². The van der Waals surface area contributed by atoms with Gasteiger partial charge in [-0.05, 0) is 116 Å². The van der Waals surface area contributed by atoms with Gasteiger partial charge in [-0.2, -0.15) is 0 Å². The van der Waals surface area contributed by atoms with Gasteiger partial charge in [-0.15, -0.1) is 0 Å². The monoisotopic (exact) mass is 1430 g/mol. The summed E-state index contributed by atoms with van der Waals surface area (Å²) in [6, 6.07) is 0. The molecule has 6 aliphatic heterocycles. The van der Waals surface area contributed by atoms with Crippen LogP contribution in [0.25, 0.3) is 0 Å². The van der Waals surface area contributed by atoms with Gasteiger partial charge >= 0.3 is 11.9 Å². The average molecular weight is 1430 g/mol. The molecule has 0 bridgehead atoms. The summed E-state index contributed by atoms with van der Waals surface area (Å²) in [5.74, 6) is -2.57. The van der Waals surface area contributed by atoms with E-state index < -0.39 is 245 Å². The van der Waals surface area contributed by atoms with Crippen LogP contribution in [0, 0.1) is 56.7 Å². The van der Waals surface area contributed by atoms with E-state index in [-0.39, 0.29) is 40.4 Å². The van der Waals surface area contributed by atoms with Crippen LogP contribution in [0.1, 0.15) is 113 Å². The Morgan fingerprint density at radius 3 is 1.61 bits per heavy atom. The van der Waals surface area contributed by atoms with Crippen LogP contribution >= 0.6 is 0 Å². The van der Waals surface area contributed by atoms with E-state index in [1.54, 1.807) is 0 Å². The second-order valence-corrected chi connectivity index (χ2v) is 31.4.